The molecule has 1 fully saturated rings. The fourth-order valence-electron chi connectivity index (χ4n) is 6.64. The molecule has 0 spiro atoms. The number of aromatic nitrogens is 3. The van der Waals surface area contributed by atoms with E-state index in [4.69, 9.17) is 25.0 Å². The molecule has 0 amide bonds. The van der Waals surface area contributed by atoms with Crippen LogP contribution in [0.5, 0.6) is 0 Å². The minimum Gasteiger partial charge on any atom is -0.664 e. The van der Waals surface area contributed by atoms with Crippen molar-refractivity contribution >= 4 is 41.6 Å². The maximum absolute atomic E-state index is 13.4. The van der Waals surface area contributed by atoms with E-state index in [0.29, 0.717) is 17.7 Å². The molecule has 5 heterocycles. The van der Waals surface area contributed by atoms with E-state index in [0.717, 1.165) is 79.0 Å². The molecule has 0 radical (unpaired) electrons. The van der Waals surface area contributed by atoms with Gasteiger partial charge in [0.25, 0.3) is 0 Å². The molecule has 0 saturated carbocycles. The predicted molar refractivity (Wildman–Crippen MR) is 160 cm³/mol. The van der Waals surface area contributed by atoms with Crippen molar-refractivity contribution in [2.75, 3.05) is 7.11 Å². The topological polar surface area (TPSA) is 99.8 Å². The number of ether oxygens (including phenoxy) is 1. The molecule has 3 aliphatic rings. The molecule has 0 N–H and O–H groups in total. The summed E-state index contributed by atoms with van der Waals surface area (Å²) in [6.45, 7) is 14.4. The Morgan fingerprint density at radius 1 is 1.02 bits per heavy atom. The van der Waals surface area contributed by atoms with E-state index >= 15 is 0 Å². The van der Waals surface area contributed by atoms with Crippen molar-refractivity contribution in [2.24, 2.45) is 11.8 Å². The Bertz CT molecular complexity index is 1830. The van der Waals surface area contributed by atoms with E-state index in [9.17, 15) is 9.59 Å². The average Bonchev–Trinajstić information content (AvgIpc) is 3.70. The van der Waals surface area contributed by atoms with E-state index in [1.54, 1.807) is 0 Å². The molecule has 2 atom stereocenters. The largest absolute Gasteiger partial charge is 0.664 e. The quantitative estimate of drug-likeness (QED) is 0.309. The Hall–Kier alpha value is -3.64. The average molecular weight is 612 g/mol. The second kappa shape index (κ2) is 11.2. The van der Waals surface area contributed by atoms with Gasteiger partial charge in [-0.05, 0) is 51.0 Å². The summed E-state index contributed by atoms with van der Waals surface area (Å²) in [4.78, 5) is 40.6. The van der Waals surface area contributed by atoms with Crippen molar-refractivity contribution in [1.29, 1.82) is 0 Å². The van der Waals surface area contributed by atoms with E-state index in [1.807, 2.05) is 31.2 Å². The molecule has 8 heteroatoms. The Kier molecular flexibility index (Phi) is 7.97. The first-order chi connectivity index (χ1) is 19.7. The molecule has 7 nitrogen and oxygen atoms in total. The standard InChI is InChI=1S/C34H35N4O3.Zn/c1-8-20-16(3)24-13-26-18(5)22(10-11-31(40)41-7)33(37-26)23-12-30(39)32-19(6)27(38-34(23)32)15-29-21(9-2)17(4)25(36-29)14-28(20)35-24;/h8,13-15,18,22H,1,9-12H2,2-7H3,(H-,37,38,39);/q-3;/p-1/b25-14-,26-13-,29-15-;. The van der Waals surface area contributed by atoms with Crippen LogP contribution in [0, 0.1) is 32.6 Å². The first kappa shape index (κ1) is 29.8. The summed E-state index contributed by atoms with van der Waals surface area (Å²) in [5.41, 5.74) is 11.5. The Balaban J connectivity index is 0.00000353. The summed E-state index contributed by atoms with van der Waals surface area (Å²) in [6.07, 6.45) is 9.87. The molecule has 42 heavy (non-hydrogen) atoms. The van der Waals surface area contributed by atoms with Gasteiger partial charge in [0, 0.05) is 37.9 Å². The van der Waals surface area contributed by atoms with Crippen LogP contribution in [-0.4, -0.2) is 18.9 Å². The summed E-state index contributed by atoms with van der Waals surface area (Å²) < 4.78 is 4.95. The number of carbonyl (C=O) groups is 2. The zero-order chi connectivity index (χ0) is 29.2. The van der Waals surface area contributed by atoms with Crippen LogP contribution in [0.25, 0.3) is 35.2 Å². The maximum atomic E-state index is 13.4. The molecule has 214 valence electrons. The molecular weight excluding hydrogens is 578 g/mol. The molecule has 6 rings (SSSR count). The number of fused-ring (bicyclic) bond motifs is 7. The smallest absolute Gasteiger partial charge is 0.305 e. The van der Waals surface area contributed by atoms with Crippen LogP contribution in [0.2, 0.25) is 0 Å². The van der Waals surface area contributed by atoms with Gasteiger partial charge >= 0.3 is 5.97 Å². The molecule has 2 unspecified atom stereocenters. The van der Waals surface area contributed by atoms with E-state index in [-0.39, 0.29) is 55.9 Å². The fourth-order valence-corrected chi connectivity index (χ4v) is 6.64. The molecule has 0 aromatic carbocycles. The number of hydrogen-bond acceptors (Lipinski definition) is 3. The number of esters is 1. The zero-order valence-electron chi connectivity index (χ0n) is 25.2. The van der Waals surface area contributed by atoms with Crippen molar-refractivity contribution in [3.63, 3.8) is 0 Å². The number of hydrogen-bond donors (Lipinski definition) is 0. The van der Waals surface area contributed by atoms with Crippen LogP contribution < -0.4 is 25.7 Å². The number of ketones is 1. The van der Waals surface area contributed by atoms with Gasteiger partial charge in [-0.2, -0.15) is 11.4 Å². The first-order valence-electron chi connectivity index (χ1n) is 14.3. The fraction of sp³-hybridized carbons (Fsp3) is 0.353. The van der Waals surface area contributed by atoms with Crippen molar-refractivity contribution in [2.45, 2.75) is 60.3 Å². The third kappa shape index (κ3) is 4.61. The third-order valence-corrected chi connectivity index (χ3v) is 9.08. The Morgan fingerprint density at radius 3 is 2.43 bits per heavy atom. The van der Waals surface area contributed by atoms with Gasteiger partial charge in [-0.15, -0.1) is 33.5 Å². The van der Waals surface area contributed by atoms with E-state index < -0.39 is 0 Å². The monoisotopic (exact) mass is 610 g/mol. The van der Waals surface area contributed by atoms with Gasteiger partial charge in [0.05, 0.1) is 7.11 Å². The number of carbonyl (C=O) groups excluding carboxylic acids is 2. The maximum Gasteiger partial charge on any atom is 0.305 e. The third-order valence-electron chi connectivity index (χ3n) is 9.08. The van der Waals surface area contributed by atoms with Gasteiger partial charge in [0.15, 0.2) is 5.78 Å². The number of methoxy groups -OCH3 is 1. The van der Waals surface area contributed by atoms with Gasteiger partial charge in [-0.1, -0.05) is 72.6 Å². The molecule has 1 saturated heterocycles. The summed E-state index contributed by atoms with van der Waals surface area (Å²) >= 11 is 0. The normalized spacial score (nSPS) is 23.2. The SMILES string of the molecule is C=Cc1c2[n-]c(c1C)/C=C1\[N-]/C(=C3/CC(=O)c4c3[n-]c(c4C)/C=c3\[n-]/c(c(C)c3CC)=C\2)C(CCC(=O)OC)C1C.[Zn]. The molecule has 3 aromatic rings. The first-order valence-corrected chi connectivity index (χ1v) is 14.3. The van der Waals surface area contributed by atoms with Crippen LogP contribution in [0.15, 0.2) is 18.0 Å². The molecule has 3 aromatic heterocycles. The number of nitrogens with zero attached hydrogens (tertiary/aromatic N) is 4. The minimum atomic E-state index is -0.257. The summed E-state index contributed by atoms with van der Waals surface area (Å²) in [5.74, 6) is -0.233. The van der Waals surface area contributed by atoms with Gasteiger partial charge in [-0.3, -0.25) is 9.59 Å². The van der Waals surface area contributed by atoms with Crippen LogP contribution in [0.3, 0.4) is 0 Å². The van der Waals surface area contributed by atoms with E-state index in [2.05, 4.69) is 34.3 Å². The molecule has 1 aliphatic carbocycles. The van der Waals surface area contributed by atoms with Gasteiger partial charge in [-0.25, -0.2) is 0 Å². The second-order valence-corrected chi connectivity index (χ2v) is 11.3. The molecular formula is C34H34N4O3Zn-4. The Labute approximate surface area is 259 Å². The minimum absolute atomic E-state index is 0. The summed E-state index contributed by atoms with van der Waals surface area (Å²) in [7, 11) is 1.41. The van der Waals surface area contributed by atoms with Crippen molar-refractivity contribution in [1.82, 2.24) is 15.0 Å². The van der Waals surface area contributed by atoms with Gasteiger partial charge < -0.3 is 25.0 Å². The zero-order valence-corrected chi connectivity index (χ0v) is 28.2. The summed E-state index contributed by atoms with van der Waals surface area (Å²) in [6, 6.07) is 0. The van der Waals surface area contributed by atoms with Gasteiger partial charge in [0.2, 0.25) is 0 Å². The van der Waals surface area contributed by atoms with Gasteiger partial charge in [0.1, 0.15) is 0 Å². The number of Topliss-reactive ketones (excluding diaryl/α,β-unsaturated/α-hetero) is 1. The van der Waals surface area contributed by atoms with Crippen molar-refractivity contribution < 1.29 is 33.8 Å². The van der Waals surface area contributed by atoms with Crippen molar-refractivity contribution in [3.8, 4) is 0 Å². The molecule has 2 aliphatic heterocycles. The number of rotatable bonds is 5. The van der Waals surface area contributed by atoms with Crippen LogP contribution in [-0.2, 0) is 35.4 Å². The van der Waals surface area contributed by atoms with E-state index in [1.165, 1.54) is 7.11 Å². The molecule has 8 bridgehead atoms. The Morgan fingerprint density at radius 2 is 1.74 bits per heavy atom. The summed E-state index contributed by atoms with van der Waals surface area (Å²) in [5, 5.41) is 6.89. The van der Waals surface area contributed by atoms with Crippen LogP contribution in [0.1, 0.15) is 94.1 Å². The second-order valence-electron chi connectivity index (χ2n) is 11.3. The predicted octanol–water partition coefficient (Wildman–Crippen LogP) is 4.59. The van der Waals surface area contributed by atoms with Crippen LogP contribution in [0.4, 0.5) is 0 Å². The number of allylic oxidation sites excluding steroid dienone is 3. The van der Waals surface area contributed by atoms with Crippen LogP contribution >= 0.6 is 0 Å². The van der Waals surface area contributed by atoms with Crippen molar-refractivity contribution in [3.05, 3.63) is 90.1 Å².